The Balaban J connectivity index is 1.92. The molecule has 3 amide bonds. The summed E-state index contributed by atoms with van der Waals surface area (Å²) in [6.07, 6.45) is 0.262. The predicted octanol–water partition coefficient (Wildman–Crippen LogP) is 3.14. The number of rotatable bonds is 6. The van der Waals surface area contributed by atoms with E-state index in [2.05, 4.69) is 10.6 Å². The number of hydrogen-bond acceptors (Lipinski definition) is 4. The molecule has 1 heterocycles. The summed E-state index contributed by atoms with van der Waals surface area (Å²) in [5.41, 5.74) is 0.921. The molecule has 0 aromatic heterocycles. The number of β-amino-alcohol motifs (C(OH)–C–C–N with tert-alkyl or cyclic N) is 1. The monoisotopic (exact) mass is 475 g/mol. The molecule has 9 heteroatoms. The third-order valence-electron chi connectivity index (χ3n) is 5.16. The number of carbonyl (C=O) groups excluding carboxylic acids is 3. The standard InChI is InChI=1S/C24H27ClFN3O4/c1-24(2,3)12-21(31)27-13-19-23(33)29(8-9-30)20-7-4-14(10-17(20)22(32)28-19)16-6-5-15(25)11-18(16)26/h4-7,10-11,19,30H,8-9,12-13H2,1-3H3,(H,27,31)(H,28,32)/t19-/m1/s1. The van der Waals surface area contributed by atoms with Gasteiger partial charge in [0.15, 0.2) is 0 Å². The number of aliphatic hydroxyl groups is 1. The van der Waals surface area contributed by atoms with Crippen LogP contribution in [0, 0.1) is 11.2 Å². The summed E-state index contributed by atoms with van der Waals surface area (Å²) in [6, 6.07) is 7.86. The molecular weight excluding hydrogens is 449 g/mol. The fraction of sp³-hybridized carbons (Fsp3) is 0.375. The van der Waals surface area contributed by atoms with Crippen LogP contribution in [0.25, 0.3) is 11.1 Å². The van der Waals surface area contributed by atoms with Crippen LogP contribution in [-0.4, -0.2) is 48.6 Å². The van der Waals surface area contributed by atoms with Crippen molar-refractivity contribution in [2.45, 2.75) is 33.2 Å². The molecule has 3 rings (SSSR count). The fourth-order valence-electron chi connectivity index (χ4n) is 3.68. The van der Waals surface area contributed by atoms with Gasteiger partial charge in [0.25, 0.3) is 11.8 Å². The molecule has 0 bridgehead atoms. The van der Waals surface area contributed by atoms with Crippen molar-refractivity contribution < 1.29 is 23.9 Å². The van der Waals surface area contributed by atoms with E-state index in [1.54, 1.807) is 18.2 Å². The average molecular weight is 476 g/mol. The van der Waals surface area contributed by atoms with Gasteiger partial charge >= 0.3 is 0 Å². The number of aliphatic hydroxyl groups excluding tert-OH is 1. The summed E-state index contributed by atoms with van der Waals surface area (Å²) in [5, 5.41) is 15.1. The summed E-state index contributed by atoms with van der Waals surface area (Å²) in [6.45, 7) is 5.32. The highest BCUT2D eigenvalue weighted by Gasteiger charge is 2.34. The van der Waals surface area contributed by atoms with Crippen LogP contribution >= 0.6 is 11.6 Å². The van der Waals surface area contributed by atoms with Crippen molar-refractivity contribution in [2.75, 3.05) is 24.6 Å². The summed E-state index contributed by atoms with van der Waals surface area (Å²) >= 11 is 5.84. The molecule has 2 aromatic carbocycles. The van der Waals surface area contributed by atoms with Crippen molar-refractivity contribution in [1.82, 2.24) is 10.6 Å². The van der Waals surface area contributed by atoms with Gasteiger partial charge in [0.2, 0.25) is 5.91 Å². The Bertz CT molecular complexity index is 1080. The molecule has 3 N–H and O–H groups in total. The van der Waals surface area contributed by atoms with E-state index in [0.717, 1.165) is 0 Å². The number of nitrogens with one attached hydrogen (secondary N) is 2. The molecule has 1 aliphatic rings. The first-order valence-electron chi connectivity index (χ1n) is 10.6. The minimum absolute atomic E-state index is 0.0398. The van der Waals surface area contributed by atoms with Crippen molar-refractivity contribution in [2.24, 2.45) is 5.41 Å². The lowest BCUT2D eigenvalue weighted by molar-refractivity contribution is -0.123. The number of halogens is 2. The van der Waals surface area contributed by atoms with E-state index in [9.17, 15) is 23.9 Å². The minimum Gasteiger partial charge on any atom is -0.395 e. The molecular formula is C24H27ClFN3O4. The van der Waals surface area contributed by atoms with Gasteiger partial charge in [-0.05, 0) is 41.3 Å². The van der Waals surface area contributed by atoms with Crippen molar-refractivity contribution >= 4 is 35.0 Å². The van der Waals surface area contributed by atoms with Crippen LogP contribution in [0.4, 0.5) is 10.1 Å². The minimum atomic E-state index is -1.02. The Morgan fingerprint density at radius 1 is 1.18 bits per heavy atom. The molecule has 0 aliphatic carbocycles. The third-order valence-corrected chi connectivity index (χ3v) is 5.40. The van der Waals surface area contributed by atoms with Gasteiger partial charge in [-0.25, -0.2) is 4.39 Å². The molecule has 0 saturated carbocycles. The number of anilines is 1. The second kappa shape index (κ2) is 9.89. The van der Waals surface area contributed by atoms with Gasteiger partial charge in [-0.15, -0.1) is 0 Å². The zero-order valence-corrected chi connectivity index (χ0v) is 19.5. The number of hydrogen-bond donors (Lipinski definition) is 3. The summed E-state index contributed by atoms with van der Waals surface area (Å²) in [7, 11) is 0. The number of carbonyl (C=O) groups is 3. The second-order valence-electron chi connectivity index (χ2n) is 9.14. The van der Waals surface area contributed by atoms with Gasteiger partial charge in [-0.1, -0.05) is 38.4 Å². The number of fused-ring (bicyclic) bond motifs is 1. The SMILES string of the molecule is CC(C)(C)CC(=O)NC[C@H]1NC(=O)c2cc(-c3ccc(Cl)cc3F)ccc2N(CCO)C1=O. The van der Waals surface area contributed by atoms with Crippen LogP contribution in [0.2, 0.25) is 5.02 Å². The van der Waals surface area contributed by atoms with Crippen molar-refractivity contribution in [3.8, 4) is 11.1 Å². The molecule has 33 heavy (non-hydrogen) atoms. The number of nitrogens with zero attached hydrogens (tertiary/aromatic N) is 1. The van der Waals surface area contributed by atoms with E-state index in [4.69, 9.17) is 11.6 Å². The van der Waals surface area contributed by atoms with Gasteiger partial charge in [-0.3, -0.25) is 14.4 Å². The van der Waals surface area contributed by atoms with Crippen LogP contribution in [0.3, 0.4) is 0 Å². The smallest absolute Gasteiger partial charge is 0.254 e. The molecule has 1 aliphatic heterocycles. The molecule has 176 valence electrons. The lowest BCUT2D eigenvalue weighted by atomic mass is 9.92. The van der Waals surface area contributed by atoms with E-state index in [0.29, 0.717) is 11.3 Å². The van der Waals surface area contributed by atoms with E-state index >= 15 is 0 Å². The van der Waals surface area contributed by atoms with Crippen LogP contribution in [-0.2, 0) is 9.59 Å². The fourth-order valence-corrected chi connectivity index (χ4v) is 3.84. The molecule has 0 saturated heterocycles. The molecule has 0 fully saturated rings. The van der Waals surface area contributed by atoms with E-state index in [1.807, 2.05) is 20.8 Å². The third kappa shape index (κ3) is 5.89. The Kier molecular flexibility index (Phi) is 7.39. The van der Waals surface area contributed by atoms with Crippen molar-refractivity contribution in [3.05, 3.63) is 52.8 Å². The zero-order valence-electron chi connectivity index (χ0n) is 18.7. The van der Waals surface area contributed by atoms with Crippen LogP contribution in [0.15, 0.2) is 36.4 Å². The van der Waals surface area contributed by atoms with Crippen LogP contribution in [0.1, 0.15) is 37.6 Å². The Hall–Kier alpha value is -2.97. The first-order chi connectivity index (χ1) is 15.5. The van der Waals surface area contributed by atoms with Gasteiger partial charge in [0.05, 0.1) is 17.9 Å². The molecule has 0 unspecified atom stereocenters. The number of amides is 3. The quantitative estimate of drug-likeness (QED) is 0.597. The lowest BCUT2D eigenvalue weighted by Gasteiger charge is -2.25. The highest BCUT2D eigenvalue weighted by atomic mass is 35.5. The summed E-state index contributed by atoms with van der Waals surface area (Å²) < 4.78 is 14.4. The molecule has 1 atom stereocenters. The van der Waals surface area contributed by atoms with Crippen LogP contribution in [0.5, 0.6) is 0 Å². The maximum Gasteiger partial charge on any atom is 0.254 e. The Morgan fingerprint density at radius 3 is 2.55 bits per heavy atom. The molecule has 0 radical (unpaired) electrons. The van der Waals surface area contributed by atoms with E-state index < -0.39 is 23.7 Å². The first-order valence-corrected chi connectivity index (χ1v) is 11.0. The Morgan fingerprint density at radius 2 is 1.91 bits per heavy atom. The summed E-state index contributed by atoms with van der Waals surface area (Å²) in [4.78, 5) is 39.7. The van der Waals surface area contributed by atoms with E-state index in [1.165, 1.54) is 23.1 Å². The lowest BCUT2D eigenvalue weighted by Crippen LogP contribution is -2.52. The normalized spacial score (nSPS) is 16.2. The molecule has 0 spiro atoms. The maximum atomic E-state index is 14.4. The molecule has 7 nitrogen and oxygen atoms in total. The van der Waals surface area contributed by atoms with Gasteiger partial charge < -0.3 is 20.6 Å². The first kappa shape index (κ1) is 24.7. The average Bonchev–Trinajstić information content (AvgIpc) is 2.81. The molecule has 2 aromatic rings. The van der Waals surface area contributed by atoms with Gasteiger partial charge in [-0.2, -0.15) is 0 Å². The highest BCUT2D eigenvalue weighted by Crippen LogP contribution is 2.32. The van der Waals surface area contributed by atoms with Crippen molar-refractivity contribution in [1.29, 1.82) is 0 Å². The highest BCUT2D eigenvalue weighted by molar-refractivity contribution is 6.30. The van der Waals surface area contributed by atoms with Crippen molar-refractivity contribution in [3.63, 3.8) is 0 Å². The predicted molar refractivity (Wildman–Crippen MR) is 125 cm³/mol. The van der Waals surface area contributed by atoms with Gasteiger partial charge in [0.1, 0.15) is 11.9 Å². The second-order valence-corrected chi connectivity index (χ2v) is 9.57. The van der Waals surface area contributed by atoms with Gasteiger partial charge in [0, 0.05) is 30.1 Å². The summed E-state index contributed by atoms with van der Waals surface area (Å²) in [5.74, 6) is -1.78. The largest absolute Gasteiger partial charge is 0.395 e. The topological polar surface area (TPSA) is 98.7 Å². The zero-order chi connectivity index (χ0) is 24.3. The number of benzene rings is 2. The van der Waals surface area contributed by atoms with Crippen LogP contribution < -0.4 is 15.5 Å². The Labute approximate surface area is 196 Å². The van der Waals surface area contributed by atoms with E-state index in [-0.39, 0.29) is 53.6 Å². The maximum absolute atomic E-state index is 14.4.